The van der Waals surface area contributed by atoms with Gasteiger partial charge < -0.3 is 9.47 Å². The summed E-state index contributed by atoms with van der Waals surface area (Å²) < 4.78 is 10.3. The van der Waals surface area contributed by atoms with Crippen molar-refractivity contribution in [3.8, 4) is 0 Å². The maximum absolute atomic E-state index is 5.28. The molecule has 0 aliphatic carbocycles. The molecule has 0 saturated carbocycles. The summed E-state index contributed by atoms with van der Waals surface area (Å²) in [4.78, 5) is 2.28. The number of ether oxygens (including phenoxy) is 2. The van der Waals surface area contributed by atoms with Crippen LogP contribution >= 0.6 is 0 Å². The molecule has 0 saturated heterocycles. The highest BCUT2D eigenvalue weighted by molar-refractivity contribution is 4.73. The predicted molar refractivity (Wildman–Crippen MR) is 54.8 cm³/mol. The molecule has 0 rings (SSSR count). The molecule has 0 radical (unpaired) electrons. The van der Waals surface area contributed by atoms with Crippen LogP contribution in [0.15, 0.2) is 12.3 Å². The average molecular weight is 187 g/mol. The molecule has 0 amide bonds. The van der Waals surface area contributed by atoms with E-state index in [9.17, 15) is 0 Å². The van der Waals surface area contributed by atoms with E-state index in [0.29, 0.717) is 6.61 Å². The summed E-state index contributed by atoms with van der Waals surface area (Å²) in [5, 5.41) is 0. The average Bonchev–Trinajstić information content (AvgIpc) is 2.10. The minimum atomic E-state index is 0.715. The van der Waals surface area contributed by atoms with Crippen LogP contribution in [0.3, 0.4) is 0 Å². The molecule has 3 nitrogen and oxygen atoms in total. The van der Waals surface area contributed by atoms with Gasteiger partial charge in [-0.2, -0.15) is 0 Å². The molecule has 0 aromatic carbocycles. The first-order valence-corrected chi connectivity index (χ1v) is 4.70. The quantitative estimate of drug-likeness (QED) is 0.538. The fourth-order valence-electron chi connectivity index (χ4n) is 0.997. The first-order chi connectivity index (χ1) is 6.20. The highest BCUT2D eigenvalue weighted by Gasteiger charge is 2.00. The van der Waals surface area contributed by atoms with Crippen molar-refractivity contribution in [2.75, 3.05) is 40.0 Å². The number of nitrogens with zero attached hydrogens (tertiary/aromatic N) is 1. The van der Waals surface area contributed by atoms with Gasteiger partial charge in [0.15, 0.2) is 0 Å². The number of likely N-dealkylation sites (N-methyl/N-ethyl adjacent to an activating group) is 1. The fourth-order valence-corrected chi connectivity index (χ4v) is 0.997. The Morgan fingerprint density at radius 2 is 1.92 bits per heavy atom. The monoisotopic (exact) mass is 187 g/mol. The molecule has 78 valence electrons. The van der Waals surface area contributed by atoms with Crippen molar-refractivity contribution in [2.24, 2.45) is 0 Å². The van der Waals surface area contributed by atoms with Crippen molar-refractivity contribution in [3.05, 3.63) is 12.3 Å². The second kappa shape index (κ2) is 8.08. The number of hydrogen-bond acceptors (Lipinski definition) is 3. The van der Waals surface area contributed by atoms with Gasteiger partial charge in [-0.1, -0.05) is 13.5 Å². The zero-order valence-electron chi connectivity index (χ0n) is 9.01. The van der Waals surface area contributed by atoms with Gasteiger partial charge in [0.25, 0.3) is 0 Å². The highest BCUT2D eigenvalue weighted by Crippen LogP contribution is 1.92. The lowest BCUT2D eigenvalue weighted by molar-refractivity contribution is 0.122. The van der Waals surface area contributed by atoms with E-state index in [0.717, 1.165) is 32.0 Å². The van der Waals surface area contributed by atoms with Gasteiger partial charge in [0, 0.05) is 20.2 Å². The summed E-state index contributed by atoms with van der Waals surface area (Å²) >= 11 is 0. The molecule has 0 aliphatic heterocycles. The van der Waals surface area contributed by atoms with Crippen molar-refractivity contribution < 1.29 is 9.47 Å². The molecule has 0 unspecified atom stereocenters. The lowest BCUT2D eigenvalue weighted by Crippen LogP contribution is -2.30. The maximum Gasteiger partial charge on any atom is 0.100 e. The zero-order chi connectivity index (χ0) is 10.1. The summed E-state index contributed by atoms with van der Waals surface area (Å²) in [6, 6.07) is 0. The maximum atomic E-state index is 5.28. The second-order valence-electron chi connectivity index (χ2n) is 2.98. The van der Waals surface area contributed by atoms with E-state index < -0.39 is 0 Å². The molecule has 0 bridgehead atoms. The Morgan fingerprint density at radius 1 is 1.31 bits per heavy atom. The molecule has 0 spiro atoms. The van der Waals surface area contributed by atoms with Gasteiger partial charge in [-0.05, 0) is 13.5 Å². The predicted octanol–water partition coefficient (Wildman–Crippen LogP) is 1.50. The van der Waals surface area contributed by atoms with E-state index in [2.05, 4.69) is 18.4 Å². The van der Waals surface area contributed by atoms with Gasteiger partial charge in [0.05, 0.1) is 12.4 Å². The van der Waals surface area contributed by atoms with E-state index in [1.54, 1.807) is 7.11 Å². The molecule has 0 aliphatic rings. The number of hydrogen-bond donors (Lipinski definition) is 0. The molecule has 13 heavy (non-hydrogen) atoms. The molecule has 0 fully saturated rings. The Labute approximate surface area is 81.3 Å². The van der Waals surface area contributed by atoms with Crippen LogP contribution in [0.25, 0.3) is 0 Å². The van der Waals surface area contributed by atoms with E-state index in [1.165, 1.54) is 0 Å². The number of allylic oxidation sites excluding steroid dienone is 1. The van der Waals surface area contributed by atoms with Crippen molar-refractivity contribution in [2.45, 2.75) is 13.8 Å². The van der Waals surface area contributed by atoms with Gasteiger partial charge in [-0.15, -0.1) is 0 Å². The lowest BCUT2D eigenvalue weighted by Gasteiger charge is -2.19. The third-order valence-corrected chi connectivity index (χ3v) is 1.81. The van der Waals surface area contributed by atoms with Gasteiger partial charge in [0.2, 0.25) is 0 Å². The van der Waals surface area contributed by atoms with Crippen LogP contribution in [0, 0.1) is 0 Å². The third kappa shape index (κ3) is 7.81. The van der Waals surface area contributed by atoms with Crippen LogP contribution in [0.4, 0.5) is 0 Å². The standard InChI is InChI=1S/C10H21NO2/c1-5-11(6-8-12-4)7-9-13-10(2)3/h2,5-9H2,1,3-4H3. The molecule has 0 N–H and O–H groups in total. The van der Waals surface area contributed by atoms with Crippen molar-refractivity contribution >= 4 is 0 Å². The lowest BCUT2D eigenvalue weighted by atomic mass is 10.5. The summed E-state index contributed by atoms with van der Waals surface area (Å²) in [6.45, 7) is 12.1. The van der Waals surface area contributed by atoms with Crippen molar-refractivity contribution in [3.63, 3.8) is 0 Å². The Kier molecular flexibility index (Phi) is 7.74. The SMILES string of the molecule is C=C(C)OCCN(CC)CCOC. The Bertz CT molecular complexity index is 137. The van der Waals surface area contributed by atoms with Gasteiger partial charge in [0.1, 0.15) is 6.61 Å². The summed E-state index contributed by atoms with van der Waals surface area (Å²) in [5.41, 5.74) is 0. The minimum Gasteiger partial charge on any atom is -0.498 e. The van der Waals surface area contributed by atoms with E-state index in [4.69, 9.17) is 9.47 Å². The fraction of sp³-hybridized carbons (Fsp3) is 0.800. The normalized spacial score (nSPS) is 10.5. The number of rotatable bonds is 8. The molecular weight excluding hydrogens is 166 g/mol. The zero-order valence-corrected chi connectivity index (χ0v) is 9.01. The summed E-state index contributed by atoms with van der Waals surface area (Å²) in [5.74, 6) is 0.780. The molecular formula is C10H21NO2. The van der Waals surface area contributed by atoms with Crippen molar-refractivity contribution in [1.82, 2.24) is 4.90 Å². The van der Waals surface area contributed by atoms with E-state index in [1.807, 2.05) is 6.92 Å². The Balaban J connectivity index is 3.41. The van der Waals surface area contributed by atoms with Crippen LogP contribution in [0.5, 0.6) is 0 Å². The Morgan fingerprint density at radius 3 is 2.38 bits per heavy atom. The summed E-state index contributed by atoms with van der Waals surface area (Å²) in [6.07, 6.45) is 0. The van der Waals surface area contributed by atoms with Crippen molar-refractivity contribution in [1.29, 1.82) is 0 Å². The van der Waals surface area contributed by atoms with Crippen LogP contribution in [0.2, 0.25) is 0 Å². The van der Waals surface area contributed by atoms with Crippen LogP contribution < -0.4 is 0 Å². The van der Waals surface area contributed by atoms with Crippen LogP contribution in [-0.2, 0) is 9.47 Å². The topological polar surface area (TPSA) is 21.7 Å². The third-order valence-electron chi connectivity index (χ3n) is 1.81. The molecule has 0 aromatic rings. The highest BCUT2D eigenvalue weighted by atomic mass is 16.5. The first-order valence-electron chi connectivity index (χ1n) is 4.70. The summed E-state index contributed by atoms with van der Waals surface area (Å²) in [7, 11) is 1.72. The molecule has 3 heteroatoms. The molecule has 0 atom stereocenters. The Hall–Kier alpha value is -0.540. The van der Waals surface area contributed by atoms with E-state index >= 15 is 0 Å². The second-order valence-corrected chi connectivity index (χ2v) is 2.98. The van der Waals surface area contributed by atoms with Crippen LogP contribution in [-0.4, -0.2) is 44.9 Å². The van der Waals surface area contributed by atoms with Gasteiger partial charge in [-0.25, -0.2) is 0 Å². The molecule has 0 heterocycles. The van der Waals surface area contributed by atoms with Gasteiger partial charge in [-0.3, -0.25) is 4.90 Å². The minimum absolute atomic E-state index is 0.715. The van der Waals surface area contributed by atoms with Crippen LogP contribution in [0.1, 0.15) is 13.8 Å². The van der Waals surface area contributed by atoms with Gasteiger partial charge >= 0.3 is 0 Å². The number of methoxy groups -OCH3 is 1. The molecule has 0 aromatic heterocycles. The largest absolute Gasteiger partial charge is 0.498 e. The first kappa shape index (κ1) is 12.5. The smallest absolute Gasteiger partial charge is 0.100 e. The van der Waals surface area contributed by atoms with E-state index in [-0.39, 0.29) is 0 Å².